The largest absolute Gasteiger partial charge is 0.461 e. The van der Waals surface area contributed by atoms with Crippen molar-refractivity contribution in [2.75, 3.05) is 12.3 Å². The van der Waals surface area contributed by atoms with Crippen molar-refractivity contribution < 1.29 is 14.3 Å². The molecule has 0 spiro atoms. The minimum atomic E-state index is -0.410. The number of esters is 1. The van der Waals surface area contributed by atoms with E-state index in [-0.39, 0.29) is 0 Å². The summed E-state index contributed by atoms with van der Waals surface area (Å²) < 4.78 is 11.3. The Morgan fingerprint density at radius 2 is 1.86 bits per heavy atom. The lowest BCUT2D eigenvalue weighted by molar-refractivity contribution is 0.0518. The number of carbonyl (C=O) groups excluding carboxylic acids is 1. The molecule has 0 aliphatic carbocycles. The topological polar surface area (TPSA) is 90.2 Å². The number of fused-ring (bicyclic) bond motifs is 3. The summed E-state index contributed by atoms with van der Waals surface area (Å²) in [6, 6.07) is 13.1. The van der Waals surface area contributed by atoms with Gasteiger partial charge in [0.2, 0.25) is 0 Å². The predicted octanol–water partition coefficient (Wildman–Crippen LogP) is 4.83. The van der Waals surface area contributed by atoms with Gasteiger partial charge in [-0.15, -0.1) is 0 Å². The Balaban J connectivity index is 1.94. The van der Waals surface area contributed by atoms with Crippen LogP contribution < -0.4 is 10.5 Å². The van der Waals surface area contributed by atoms with E-state index in [4.69, 9.17) is 15.2 Å². The van der Waals surface area contributed by atoms with Crippen molar-refractivity contribution in [1.29, 1.82) is 0 Å². The summed E-state index contributed by atoms with van der Waals surface area (Å²) in [5, 5.41) is 1.85. The summed E-state index contributed by atoms with van der Waals surface area (Å²) in [7, 11) is 0. The van der Waals surface area contributed by atoms with Crippen LogP contribution in [0.2, 0.25) is 0 Å². The number of ether oxygens (including phenoxy) is 2. The molecule has 2 heterocycles. The summed E-state index contributed by atoms with van der Waals surface area (Å²) in [6.45, 7) is 4.09. The van der Waals surface area contributed by atoms with Gasteiger partial charge in [0.1, 0.15) is 11.5 Å². The first kappa shape index (κ1) is 17.9. The SMILES string of the molecule is CCOC(=O)c1ncc2[nH]c3cccc(Oc4ccc(N)cc4)c3c2c1CC. The molecule has 0 saturated heterocycles. The summed E-state index contributed by atoms with van der Waals surface area (Å²) in [4.78, 5) is 20.1. The zero-order valence-corrected chi connectivity index (χ0v) is 15.8. The fourth-order valence-electron chi connectivity index (χ4n) is 3.44. The maximum atomic E-state index is 12.4. The molecule has 28 heavy (non-hydrogen) atoms. The first-order valence-electron chi connectivity index (χ1n) is 9.25. The van der Waals surface area contributed by atoms with Crippen molar-refractivity contribution in [2.24, 2.45) is 0 Å². The van der Waals surface area contributed by atoms with Crippen molar-refractivity contribution in [1.82, 2.24) is 9.97 Å². The Morgan fingerprint density at radius 3 is 2.57 bits per heavy atom. The lowest BCUT2D eigenvalue weighted by Crippen LogP contribution is -2.10. The second kappa shape index (κ2) is 7.23. The molecule has 0 atom stereocenters. The maximum Gasteiger partial charge on any atom is 0.357 e. The lowest BCUT2D eigenvalue weighted by Gasteiger charge is -2.10. The first-order valence-corrected chi connectivity index (χ1v) is 9.25. The molecule has 6 nitrogen and oxygen atoms in total. The van der Waals surface area contributed by atoms with Crippen LogP contribution in [0.1, 0.15) is 29.9 Å². The quantitative estimate of drug-likeness (QED) is 0.385. The number of aromatic amines is 1. The van der Waals surface area contributed by atoms with Crippen LogP contribution in [0.5, 0.6) is 11.5 Å². The second-order valence-corrected chi connectivity index (χ2v) is 6.42. The number of aryl methyl sites for hydroxylation is 1. The van der Waals surface area contributed by atoms with E-state index in [1.807, 2.05) is 37.3 Å². The van der Waals surface area contributed by atoms with E-state index in [1.165, 1.54) is 0 Å². The van der Waals surface area contributed by atoms with Gasteiger partial charge in [-0.2, -0.15) is 0 Å². The summed E-state index contributed by atoms with van der Waals surface area (Å²) in [5.74, 6) is 0.977. The van der Waals surface area contributed by atoms with Gasteiger partial charge < -0.3 is 20.2 Å². The molecule has 4 rings (SSSR count). The Bertz CT molecular complexity index is 1160. The zero-order chi connectivity index (χ0) is 19.7. The third-order valence-corrected chi connectivity index (χ3v) is 4.66. The van der Waals surface area contributed by atoms with E-state index < -0.39 is 5.97 Å². The number of nitrogens with zero attached hydrogens (tertiary/aromatic N) is 1. The van der Waals surface area contributed by atoms with Crippen molar-refractivity contribution in [2.45, 2.75) is 20.3 Å². The molecular weight excluding hydrogens is 354 g/mol. The van der Waals surface area contributed by atoms with E-state index in [2.05, 4.69) is 9.97 Å². The van der Waals surface area contributed by atoms with Crippen LogP contribution in [-0.2, 0) is 11.2 Å². The number of carbonyl (C=O) groups is 1. The van der Waals surface area contributed by atoms with E-state index in [0.29, 0.717) is 35.9 Å². The normalized spacial score (nSPS) is 11.1. The average Bonchev–Trinajstić information content (AvgIpc) is 3.08. The highest BCUT2D eigenvalue weighted by Crippen LogP contribution is 2.38. The third-order valence-electron chi connectivity index (χ3n) is 4.66. The molecule has 3 N–H and O–H groups in total. The molecule has 0 bridgehead atoms. The monoisotopic (exact) mass is 375 g/mol. The smallest absolute Gasteiger partial charge is 0.357 e. The maximum absolute atomic E-state index is 12.4. The molecule has 0 aliphatic rings. The van der Waals surface area contributed by atoms with E-state index in [9.17, 15) is 4.79 Å². The van der Waals surface area contributed by atoms with Gasteiger partial charge in [-0.3, -0.25) is 0 Å². The van der Waals surface area contributed by atoms with Crippen LogP contribution in [0.3, 0.4) is 0 Å². The Hall–Kier alpha value is -3.54. The number of nitrogens with two attached hydrogens (primary N) is 1. The molecule has 0 aliphatic heterocycles. The van der Waals surface area contributed by atoms with Crippen LogP contribution in [0.4, 0.5) is 5.69 Å². The molecule has 0 unspecified atom stereocenters. The van der Waals surface area contributed by atoms with Crippen LogP contribution >= 0.6 is 0 Å². The number of rotatable bonds is 5. The van der Waals surface area contributed by atoms with Crippen LogP contribution in [0, 0.1) is 0 Å². The highest BCUT2D eigenvalue weighted by molar-refractivity contribution is 6.13. The summed E-state index contributed by atoms with van der Waals surface area (Å²) in [5.41, 5.74) is 9.40. The number of nitrogen functional groups attached to an aromatic ring is 1. The fourth-order valence-corrected chi connectivity index (χ4v) is 3.44. The third kappa shape index (κ3) is 3.03. The van der Waals surface area contributed by atoms with E-state index in [0.717, 1.165) is 27.4 Å². The molecule has 0 fully saturated rings. The van der Waals surface area contributed by atoms with Crippen LogP contribution in [-0.4, -0.2) is 22.5 Å². The van der Waals surface area contributed by atoms with Crippen LogP contribution in [0.15, 0.2) is 48.7 Å². The zero-order valence-electron chi connectivity index (χ0n) is 15.8. The van der Waals surface area contributed by atoms with Crippen molar-refractivity contribution in [3.63, 3.8) is 0 Å². The Morgan fingerprint density at radius 1 is 1.07 bits per heavy atom. The molecule has 0 amide bonds. The Labute approximate surface area is 162 Å². The average molecular weight is 375 g/mol. The number of aromatic nitrogens is 2. The molecule has 0 saturated carbocycles. The number of nitrogens with one attached hydrogen (secondary N) is 1. The summed E-state index contributed by atoms with van der Waals surface area (Å²) in [6.07, 6.45) is 2.31. The van der Waals surface area contributed by atoms with Crippen molar-refractivity contribution in [3.05, 3.63) is 59.9 Å². The molecule has 2 aromatic heterocycles. The summed E-state index contributed by atoms with van der Waals surface area (Å²) >= 11 is 0. The van der Waals surface area contributed by atoms with Crippen LogP contribution in [0.25, 0.3) is 21.8 Å². The first-order chi connectivity index (χ1) is 13.6. The lowest BCUT2D eigenvalue weighted by atomic mass is 10.0. The number of anilines is 1. The van der Waals surface area contributed by atoms with Gasteiger partial charge in [0.15, 0.2) is 5.69 Å². The molecule has 0 radical (unpaired) electrons. The van der Waals surface area contributed by atoms with E-state index in [1.54, 1.807) is 25.3 Å². The van der Waals surface area contributed by atoms with E-state index >= 15 is 0 Å². The van der Waals surface area contributed by atoms with Gasteiger partial charge in [-0.1, -0.05) is 13.0 Å². The van der Waals surface area contributed by atoms with Gasteiger partial charge >= 0.3 is 5.97 Å². The molecular formula is C22H21N3O3. The fraction of sp³-hybridized carbons (Fsp3) is 0.182. The van der Waals surface area contributed by atoms with Gasteiger partial charge in [-0.05, 0) is 55.3 Å². The van der Waals surface area contributed by atoms with Gasteiger partial charge in [0.25, 0.3) is 0 Å². The highest BCUT2D eigenvalue weighted by Gasteiger charge is 2.21. The van der Waals surface area contributed by atoms with Crippen molar-refractivity contribution in [3.8, 4) is 11.5 Å². The van der Waals surface area contributed by atoms with Gasteiger partial charge in [-0.25, -0.2) is 9.78 Å². The molecule has 6 heteroatoms. The molecule has 2 aromatic carbocycles. The minimum Gasteiger partial charge on any atom is -0.461 e. The predicted molar refractivity (Wildman–Crippen MR) is 110 cm³/mol. The number of pyridine rings is 1. The number of hydrogen-bond donors (Lipinski definition) is 2. The molecule has 142 valence electrons. The molecule has 4 aromatic rings. The number of H-pyrrole nitrogens is 1. The van der Waals surface area contributed by atoms with Gasteiger partial charge in [0.05, 0.1) is 29.2 Å². The standard InChI is InChI=1S/C22H21N3O3/c1-3-15-19-17(12-24-21(15)22(26)27-4-2)25-16-6-5-7-18(20(16)19)28-14-10-8-13(23)9-11-14/h5-12,25H,3-4,23H2,1-2H3. The number of hydrogen-bond acceptors (Lipinski definition) is 5. The van der Waals surface area contributed by atoms with Crippen molar-refractivity contribution >= 4 is 33.5 Å². The van der Waals surface area contributed by atoms with Gasteiger partial charge in [0, 0.05) is 11.1 Å². The second-order valence-electron chi connectivity index (χ2n) is 6.42. The number of benzene rings is 2. The Kier molecular flexibility index (Phi) is 4.61. The highest BCUT2D eigenvalue weighted by atomic mass is 16.5. The minimum absolute atomic E-state index is 0.307.